The lowest BCUT2D eigenvalue weighted by Gasteiger charge is -2.34. The van der Waals surface area contributed by atoms with Crippen molar-refractivity contribution >= 4 is 5.91 Å². The zero-order valence-corrected chi connectivity index (χ0v) is 11.5. The monoisotopic (exact) mass is 255 g/mol. The Morgan fingerprint density at radius 2 is 2.06 bits per heavy atom. The highest BCUT2D eigenvalue weighted by Crippen LogP contribution is 2.14. The van der Waals surface area contributed by atoms with Crippen LogP contribution in [0, 0.1) is 5.92 Å². The second-order valence-electron chi connectivity index (χ2n) is 5.50. The number of rotatable bonds is 3. The van der Waals surface area contributed by atoms with Gasteiger partial charge in [0.25, 0.3) is 0 Å². The quantitative estimate of drug-likeness (QED) is 0.757. The Morgan fingerprint density at radius 3 is 2.72 bits per heavy atom. The molecule has 0 aliphatic carbocycles. The van der Waals surface area contributed by atoms with Crippen molar-refractivity contribution in [3.63, 3.8) is 0 Å². The summed E-state index contributed by atoms with van der Waals surface area (Å²) >= 11 is 0. The number of amides is 1. The summed E-state index contributed by atoms with van der Waals surface area (Å²) in [7, 11) is 2.09. The summed E-state index contributed by atoms with van der Waals surface area (Å²) in [6.45, 7) is 7.96. The molecule has 2 unspecified atom stereocenters. The first-order valence-electron chi connectivity index (χ1n) is 6.95. The number of piperidine rings is 1. The first-order chi connectivity index (χ1) is 8.66. The number of carbonyl (C=O) groups is 1. The zero-order valence-electron chi connectivity index (χ0n) is 11.5. The highest BCUT2D eigenvalue weighted by Gasteiger charge is 2.24. The van der Waals surface area contributed by atoms with E-state index < -0.39 is 0 Å². The number of hydrogen-bond donors (Lipinski definition) is 1. The van der Waals surface area contributed by atoms with Gasteiger partial charge in [-0.1, -0.05) is 6.92 Å². The van der Waals surface area contributed by atoms with E-state index in [2.05, 4.69) is 24.2 Å². The summed E-state index contributed by atoms with van der Waals surface area (Å²) in [6, 6.07) is 0. The molecule has 0 radical (unpaired) electrons. The van der Waals surface area contributed by atoms with Crippen LogP contribution >= 0.6 is 0 Å². The van der Waals surface area contributed by atoms with Crippen LogP contribution in [0.5, 0.6) is 0 Å². The summed E-state index contributed by atoms with van der Waals surface area (Å²) in [5.74, 6) is 0.687. The Kier molecular flexibility index (Phi) is 4.97. The number of nitrogens with zero attached hydrogens (tertiary/aromatic N) is 2. The van der Waals surface area contributed by atoms with Gasteiger partial charge in [-0.2, -0.15) is 0 Å². The minimum Gasteiger partial charge on any atom is -0.367 e. The third kappa shape index (κ3) is 3.67. The molecule has 5 nitrogen and oxygen atoms in total. The van der Waals surface area contributed by atoms with Crippen molar-refractivity contribution in [2.24, 2.45) is 5.92 Å². The van der Waals surface area contributed by atoms with Crippen LogP contribution in [0.15, 0.2) is 0 Å². The molecule has 2 atom stereocenters. The van der Waals surface area contributed by atoms with Crippen LogP contribution in [0.25, 0.3) is 0 Å². The van der Waals surface area contributed by atoms with Gasteiger partial charge in [0.2, 0.25) is 5.91 Å². The second-order valence-corrected chi connectivity index (χ2v) is 5.50. The van der Waals surface area contributed by atoms with Gasteiger partial charge in [0.05, 0.1) is 6.10 Å². The van der Waals surface area contributed by atoms with Crippen LogP contribution in [0.3, 0.4) is 0 Å². The Morgan fingerprint density at radius 1 is 1.33 bits per heavy atom. The summed E-state index contributed by atoms with van der Waals surface area (Å²) in [5.41, 5.74) is 0. The minimum absolute atomic E-state index is 0.140. The van der Waals surface area contributed by atoms with E-state index in [0.717, 1.165) is 45.7 Å². The largest absolute Gasteiger partial charge is 0.367 e. The van der Waals surface area contributed by atoms with Crippen LogP contribution in [0.4, 0.5) is 0 Å². The van der Waals surface area contributed by atoms with Crippen molar-refractivity contribution in [2.45, 2.75) is 19.4 Å². The average Bonchev–Trinajstić information content (AvgIpc) is 2.38. The maximum absolute atomic E-state index is 12.0. The van der Waals surface area contributed by atoms with Crippen LogP contribution in [0.1, 0.15) is 13.3 Å². The van der Waals surface area contributed by atoms with Crippen molar-refractivity contribution in [3.8, 4) is 0 Å². The highest BCUT2D eigenvalue weighted by molar-refractivity contribution is 5.77. The fraction of sp³-hybridized carbons (Fsp3) is 0.923. The van der Waals surface area contributed by atoms with E-state index >= 15 is 0 Å². The highest BCUT2D eigenvalue weighted by atomic mass is 16.5. The lowest BCUT2D eigenvalue weighted by molar-refractivity contribution is -0.141. The molecule has 0 spiro atoms. The van der Waals surface area contributed by atoms with Gasteiger partial charge in [-0.25, -0.2) is 0 Å². The van der Waals surface area contributed by atoms with Gasteiger partial charge < -0.3 is 19.9 Å². The van der Waals surface area contributed by atoms with Crippen molar-refractivity contribution in [3.05, 3.63) is 0 Å². The van der Waals surface area contributed by atoms with Gasteiger partial charge in [0.1, 0.15) is 6.61 Å². The van der Waals surface area contributed by atoms with Crippen molar-refractivity contribution in [1.29, 1.82) is 0 Å². The van der Waals surface area contributed by atoms with Crippen LogP contribution in [-0.2, 0) is 9.53 Å². The lowest BCUT2D eigenvalue weighted by atomic mass is 9.97. The molecule has 2 aliphatic heterocycles. The van der Waals surface area contributed by atoms with Crippen molar-refractivity contribution in [2.75, 3.05) is 52.9 Å². The maximum Gasteiger partial charge on any atom is 0.248 e. The molecule has 0 aromatic rings. The molecule has 18 heavy (non-hydrogen) atoms. The topological polar surface area (TPSA) is 44.8 Å². The van der Waals surface area contributed by atoms with Crippen LogP contribution in [-0.4, -0.2) is 74.7 Å². The molecule has 2 aliphatic rings. The molecule has 104 valence electrons. The third-order valence-electron chi connectivity index (χ3n) is 4.03. The van der Waals surface area contributed by atoms with E-state index in [-0.39, 0.29) is 18.6 Å². The van der Waals surface area contributed by atoms with E-state index in [4.69, 9.17) is 4.74 Å². The Hall–Kier alpha value is -0.650. The Labute approximate surface area is 109 Å². The molecule has 0 bridgehead atoms. The van der Waals surface area contributed by atoms with Crippen LogP contribution in [0.2, 0.25) is 0 Å². The Balaban J connectivity index is 1.70. The molecular formula is C13H25N3O2. The molecule has 0 aromatic heterocycles. The zero-order chi connectivity index (χ0) is 13.0. The summed E-state index contributed by atoms with van der Waals surface area (Å²) in [5, 5.41) is 3.32. The summed E-state index contributed by atoms with van der Waals surface area (Å²) in [6.07, 6.45) is 1.32. The number of hydrogen-bond acceptors (Lipinski definition) is 4. The third-order valence-corrected chi connectivity index (χ3v) is 4.03. The van der Waals surface area contributed by atoms with Gasteiger partial charge >= 0.3 is 0 Å². The fourth-order valence-electron chi connectivity index (χ4n) is 2.51. The molecule has 2 saturated heterocycles. The molecule has 5 heteroatoms. The van der Waals surface area contributed by atoms with Gasteiger partial charge in [0.15, 0.2) is 0 Å². The minimum atomic E-state index is 0.140. The van der Waals surface area contributed by atoms with Crippen molar-refractivity contribution < 1.29 is 9.53 Å². The van der Waals surface area contributed by atoms with Gasteiger partial charge in [0, 0.05) is 32.7 Å². The number of ether oxygens (including phenoxy) is 1. The average molecular weight is 255 g/mol. The molecule has 2 rings (SSSR count). The fourth-order valence-corrected chi connectivity index (χ4v) is 2.51. The number of piperazine rings is 1. The molecule has 0 saturated carbocycles. The van der Waals surface area contributed by atoms with E-state index in [1.807, 2.05) is 4.90 Å². The van der Waals surface area contributed by atoms with E-state index in [1.54, 1.807) is 0 Å². The molecule has 0 aromatic carbocycles. The predicted molar refractivity (Wildman–Crippen MR) is 70.5 cm³/mol. The molecule has 2 fully saturated rings. The van der Waals surface area contributed by atoms with E-state index in [9.17, 15) is 4.79 Å². The summed E-state index contributed by atoms with van der Waals surface area (Å²) in [4.78, 5) is 16.2. The number of carbonyl (C=O) groups excluding carboxylic acids is 1. The van der Waals surface area contributed by atoms with E-state index in [0.29, 0.717) is 5.92 Å². The smallest absolute Gasteiger partial charge is 0.248 e. The molecule has 1 N–H and O–H groups in total. The van der Waals surface area contributed by atoms with Gasteiger partial charge in [-0.05, 0) is 25.9 Å². The molecule has 2 heterocycles. The Bertz CT molecular complexity index is 277. The summed E-state index contributed by atoms with van der Waals surface area (Å²) < 4.78 is 5.77. The second kappa shape index (κ2) is 6.50. The maximum atomic E-state index is 12.0. The number of nitrogens with one attached hydrogen (secondary N) is 1. The SMILES string of the molecule is CC1CCNCC1OCC(=O)N1CCN(C)CC1. The molecule has 1 amide bonds. The number of likely N-dealkylation sites (N-methyl/N-ethyl adjacent to an activating group) is 1. The normalized spacial score (nSPS) is 30.4. The van der Waals surface area contributed by atoms with Gasteiger partial charge in [-0.3, -0.25) is 4.79 Å². The lowest BCUT2D eigenvalue weighted by Crippen LogP contribution is -2.49. The molecular weight excluding hydrogens is 230 g/mol. The van der Waals surface area contributed by atoms with Gasteiger partial charge in [-0.15, -0.1) is 0 Å². The first-order valence-corrected chi connectivity index (χ1v) is 6.95. The van der Waals surface area contributed by atoms with E-state index in [1.165, 1.54) is 0 Å². The van der Waals surface area contributed by atoms with Crippen LogP contribution < -0.4 is 5.32 Å². The van der Waals surface area contributed by atoms with Crippen molar-refractivity contribution in [1.82, 2.24) is 15.1 Å². The predicted octanol–water partition coefficient (Wildman–Crippen LogP) is -0.225. The first kappa shape index (κ1) is 13.8. The standard InChI is InChI=1S/C13H25N3O2/c1-11-3-4-14-9-12(11)18-10-13(17)16-7-5-15(2)6-8-16/h11-12,14H,3-10H2,1-2H3.